The molecule has 7 heteroatoms. The number of rotatable bonds is 6. The third kappa shape index (κ3) is 3.12. The number of hydrazine groups is 1. The first-order valence-electron chi connectivity index (χ1n) is 6.10. The van der Waals surface area contributed by atoms with Gasteiger partial charge < -0.3 is 9.64 Å². The minimum Gasteiger partial charge on any atom is -0.385 e. The number of aryl methyl sites for hydroxylation is 1. The van der Waals surface area contributed by atoms with Crippen LogP contribution in [0.5, 0.6) is 0 Å². The zero-order valence-electron chi connectivity index (χ0n) is 11.4. The molecule has 104 valence electrons. The van der Waals surface area contributed by atoms with Gasteiger partial charge >= 0.3 is 0 Å². The van der Waals surface area contributed by atoms with Crippen LogP contribution in [0, 0.1) is 6.92 Å². The summed E-state index contributed by atoms with van der Waals surface area (Å²) < 4.78 is 5.07. The highest BCUT2D eigenvalue weighted by Gasteiger charge is 2.13. The lowest BCUT2D eigenvalue weighted by Gasteiger charge is -2.19. The second kappa shape index (κ2) is 6.14. The van der Waals surface area contributed by atoms with Crippen molar-refractivity contribution in [3.63, 3.8) is 0 Å². The number of anilines is 2. The molecule has 0 radical (unpaired) electrons. The Morgan fingerprint density at radius 1 is 1.47 bits per heavy atom. The van der Waals surface area contributed by atoms with Gasteiger partial charge in [0.25, 0.3) is 0 Å². The summed E-state index contributed by atoms with van der Waals surface area (Å²) in [6, 6.07) is 2.11. The molecule has 2 heterocycles. The molecule has 6 nitrogen and oxygen atoms in total. The van der Waals surface area contributed by atoms with E-state index in [9.17, 15) is 0 Å². The fraction of sp³-hybridized carbons (Fsp3) is 0.500. The maximum absolute atomic E-state index is 5.43. The van der Waals surface area contributed by atoms with Gasteiger partial charge in [0.2, 0.25) is 5.95 Å². The SMILES string of the molecule is COCCCN(C)c1nc(NN)nc2sc(C)cc12. The summed E-state index contributed by atoms with van der Waals surface area (Å²) in [6.07, 6.45) is 0.951. The lowest BCUT2D eigenvalue weighted by molar-refractivity contribution is 0.196. The quantitative estimate of drug-likeness (QED) is 0.477. The first kappa shape index (κ1) is 14.0. The summed E-state index contributed by atoms with van der Waals surface area (Å²) in [7, 11) is 3.73. The summed E-state index contributed by atoms with van der Waals surface area (Å²) in [5, 5.41) is 1.07. The molecule has 0 aliphatic carbocycles. The topological polar surface area (TPSA) is 76.3 Å². The number of hydrogen-bond donors (Lipinski definition) is 2. The van der Waals surface area contributed by atoms with Crippen LogP contribution < -0.4 is 16.2 Å². The van der Waals surface area contributed by atoms with Gasteiger partial charge in [-0.1, -0.05) is 0 Å². The highest BCUT2D eigenvalue weighted by atomic mass is 32.1. The minimum atomic E-state index is 0.447. The van der Waals surface area contributed by atoms with Crippen molar-refractivity contribution in [2.24, 2.45) is 5.84 Å². The van der Waals surface area contributed by atoms with E-state index in [2.05, 4.69) is 33.3 Å². The summed E-state index contributed by atoms with van der Waals surface area (Å²) in [4.78, 5) is 13.1. The molecule has 0 spiro atoms. The number of nitrogens with zero attached hydrogens (tertiary/aromatic N) is 3. The Morgan fingerprint density at radius 2 is 2.26 bits per heavy atom. The van der Waals surface area contributed by atoms with E-state index in [-0.39, 0.29) is 0 Å². The molecule has 19 heavy (non-hydrogen) atoms. The van der Waals surface area contributed by atoms with Gasteiger partial charge in [-0.05, 0) is 19.4 Å². The Balaban J connectivity index is 2.33. The van der Waals surface area contributed by atoms with Gasteiger partial charge in [0.05, 0.1) is 5.39 Å². The van der Waals surface area contributed by atoms with Gasteiger partial charge in [0.1, 0.15) is 10.6 Å². The van der Waals surface area contributed by atoms with Crippen molar-refractivity contribution < 1.29 is 4.74 Å². The minimum absolute atomic E-state index is 0.447. The maximum atomic E-state index is 5.43. The lowest BCUT2D eigenvalue weighted by Crippen LogP contribution is -2.22. The van der Waals surface area contributed by atoms with Gasteiger partial charge in [0, 0.05) is 32.2 Å². The van der Waals surface area contributed by atoms with E-state index < -0.39 is 0 Å². The fourth-order valence-corrected chi connectivity index (χ4v) is 2.81. The summed E-state index contributed by atoms with van der Waals surface area (Å²) in [5.41, 5.74) is 2.52. The van der Waals surface area contributed by atoms with Crippen molar-refractivity contribution >= 4 is 33.3 Å². The van der Waals surface area contributed by atoms with Gasteiger partial charge in [-0.15, -0.1) is 11.3 Å². The van der Waals surface area contributed by atoms with E-state index in [1.54, 1.807) is 18.4 Å². The molecule has 2 rings (SSSR count). The maximum Gasteiger partial charge on any atom is 0.240 e. The van der Waals surface area contributed by atoms with E-state index in [1.807, 2.05) is 7.05 Å². The van der Waals surface area contributed by atoms with Gasteiger partial charge in [-0.25, -0.2) is 10.8 Å². The highest BCUT2D eigenvalue weighted by molar-refractivity contribution is 7.18. The molecule has 0 aromatic carbocycles. The fourth-order valence-electron chi connectivity index (χ4n) is 1.93. The Bertz CT molecular complexity index is 556. The molecule has 0 bridgehead atoms. The number of ether oxygens (including phenoxy) is 1. The molecular formula is C12H19N5OS. The van der Waals surface area contributed by atoms with Gasteiger partial charge in [-0.3, -0.25) is 5.43 Å². The smallest absolute Gasteiger partial charge is 0.240 e. The molecule has 0 saturated carbocycles. The van der Waals surface area contributed by atoms with Crippen LogP contribution in [0.15, 0.2) is 6.07 Å². The first-order chi connectivity index (χ1) is 9.15. The molecule has 2 aromatic heterocycles. The molecular weight excluding hydrogens is 262 g/mol. The molecule has 0 fully saturated rings. The Kier molecular flexibility index (Phi) is 4.52. The van der Waals surface area contributed by atoms with Crippen molar-refractivity contribution in [1.82, 2.24) is 9.97 Å². The standard InChI is InChI=1S/C12H19N5OS/c1-8-7-9-10(17(2)5-4-6-18-3)14-12(16-13)15-11(9)19-8/h7H,4-6,13H2,1-3H3,(H,14,15,16). The molecule has 0 saturated heterocycles. The van der Waals surface area contributed by atoms with Gasteiger partial charge in [-0.2, -0.15) is 4.98 Å². The molecule has 0 amide bonds. The molecule has 0 aliphatic heterocycles. The van der Waals surface area contributed by atoms with E-state index in [0.717, 1.165) is 35.6 Å². The second-order valence-corrected chi connectivity index (χ2v) is 5.59. The average molecular weight is 281 g/mol. The second-order valence-electron chi connectivity index (χ2n) is 4.36. The number of nitrogen functional groups attached to an aromatic ring is 1. The Hall–Kier alpha value is -1.44. The van der Waals surface area contributed by atoms with Crippen LogP contribution in [0.2, 0.25) is 0 Å². The predicted molar refractivity (Wildman–Crippen MR) is 79.7 cm³/mol. The molecule has 2 aromatic rings. The van der Waals surface area contributed by atoms with Crippen LogP contribution in [0.3, 0.4) is 0 Å². The Labute approximate surface area is 116 Å². The van der Waals surface area contributed by atoms with Crippen molar-refractivity contribution in [3.05, 3.63) is 10.9 Å². The summed E-state index contributed by atoms with van der Waals surface area (Å²) in [6.45, 7) is 3.68. The van der Waals surface area contributed by atoms with Crippen LogP contribution in [-0.4, -0.2) is 37.3 Å². The first-order valence-corrected chi connectivity index (χ1v) is 6.92. The van der Waals surface area contributed by atoms with Crippen molar-refractivity contribution in [2.45, 2.75) is 13.3 Å². The van der Waals surface area contributed by atoms with Crippen LogP contribution in [0.1, 0.15) is 11.3 Å². The van der Waals surface area contributed by atoms with Crippen LogP contribution in [-0.2, 0) is 4.74 Å². The van der Waals surface area contributed by atoms with Crippen molar-refractivity contribution in [2.75, 3.05) is 37.6 Å². The van der Waals surface area contributed by atoms with Crippen molar-refractivity contribution in [1.29, 1.82) is 0 Å². The molecule has 0 unspecified atom stereocenters. The number of methoxy groups -OCH3 is 1. The van der Waals surface area contributed by atoms with Crippen LogP contribution in [0.25, 0.3) is 10.2 Å². The number of fused-ring (bicyclic) bond motifs is 1. The molecule has 0 aliphatic rings. The van der Waals surface area contributed by atoms with Crippen LogP contribution in [0.4, 0.5) is 11.8 Å². The predicted octanol–water partition coefficient (Wildman–Crippen LogP) is 1.76. The third-order valence-electron chi connectivity index (χ3n) is 2.83. The monoisotopic (exact) mass is 281 g/mol. The van der Waals surface area contributed by atoms with E-state index in [1.165, 1.54) is 4.88 Å². The summed E-state index contributed by atoms with van der Waals surface area (Å²) >= 11 is 1.64. The summed E-state index contributed by atoms with van der Waals surface area (Å²) in [5.74, 6) is 6.78. The van der Waals surface area contributed by atoms with Gasteiger partial charge in [0.15, 0.2) is 0 Å². The zero-order chi connectivity index (χ0) is 13.8. The normalized spacial score (nSPS) is 10.9. The van der Waals surface area contributed by atoms with E-state index in [4.69, 9.17) is 10.6 Å². The zero-order valence-corrected chi connectivity index (χ0v) is 12.3. The third-order valence-corrected chi connectivity index (χ3v) is 3.77. The lowest BCUT2D eigenvalue weighted by atomic mass is 10.3. The Morgan fingerprint density at radius 3 is 2.95 bits per heavy atom. The highest BCUT2D eigenvalue weighted by Crippen LogP contribution is 2.31. The number of hydrogen-bond acceptors (Lipinski definition) is 7. The van der Waals surface area contributed by atoms with Crippen LogP contribution >= 0.6 is 11.3 Å². The number of nitrogens with two attached hydrogens (primary N) is 1. The molecule has 3 N–H and O–H groups in total. The largest absolute Gasteiger partial charge is 0.385 e. The van der Waals surface area contributed by atoms with E-state index in [0.29, 0.717) is 5.95 Å². The number of thiophene rings is 1. The van der Waals surface area contributed by atoms with Crippen molar-refractivity contribution in [3.8, 4) is 0 Å². The average Bonchev–Trinajstić information content (AvgIpc) is 2.77. The molecule has 0 atom stereocenters. The number of aromatic nitrogens is 2. The number of nitrogens with one attached hydrogen (secondary N) is 1. The van der Waals surface area contributed by atoms with E-state index >= 15 is 0 Å².